The van der Waals surface area contributed by atoms with Crippen LogP contribution in [0.3, 0.4) is 0 Å². The van der Waals surface area contributed by atoms with Crippen LogP contribution in [-0.2, 0) is 11.3 Å². The molecule has 1 aromatic rings. The van der Waals surface area contributed by atoms with Gasteiger partial charge in [-0.15, -0.1) is 0 Å². The summed E-state index contributed by atoms with van der Waals surface area (Å²) in [4.78, 5) is 11.3. The zero-order chi connectivity index (χ0) is 15.0. The lowest BCUT2D eigenvalue weighted by Crippen LogP contribution is -2.35. The Morgan fingerprint density at radius 2 is 2.05 bits per heavy atom. The van der Waals surface area contributed by atoms with Gasteiger partial charge in [0, 0.05) is 18.6 Å². The van der Waals surface area contributed by atoms with Crippen molar-refractivity contribution in [3.63, 3.8) is 0 Å². The highest BCUT2D eigenvalue weighted by Gasteiger charge is 2.08. The van der Waals surface area contributed by atoms with Gasteiger partial charge in [-0.3, -0.25) is 4.79 Å². The predicted molar refractivity (Wildman–Crippen MR) is 81.8 cm³/mol. The maximum Gasteiger partial charge on any atom is 0.223 e. The number of hydrogen-bond acceptors (Lipinski definition) is 3. The zero-order valence-electron chi connectivity index (χ0n) is 13.0. The molecule has 2 N–H and O–H groups in total. The molecule has 0 heterocycles. The molecule has 0 radical (unpaired) electrons. The van der Waals surface area contributed by atoms with Crippen molar-refractivity contribution in [2.45, 2.75) is 46.2 Å². The highest BCUT2D eigenvalue weighted by molar-refractivity contribution is 5.75. The lowest BCUT2D eigenvalue weighted by molar-refractivity contribution is -0.121. The molecule has 0 atom stereocenters. The average molecular weight is 278 g/mol. The third-order valence-electron chi connectivity index (χ3n) is 2.69. The minimum absolute atomic E-state index is 0.0260. The van der Waals surface area contributed by atoms with Crippen LogP contribution < -0.4 is 15.4 Å². The lowest BCUT2D eigenvalue weighted by atomic mass is 10.1. The van der Waals surface area contributed by atoms with Gasteiger partial charge < -0.3 is 15.4 Å². The number of rotatable bonds is 7. The summed E-state index contributed by atoms with van der Waals surface area (Å²) in [5.41, 5.74) is 1.27. The Bertz CT molecular complexity index is 425. The number of carbonyl (C=O) groups is 1. The molecule has 0 aliphatic rings. The molecule has 0 fully saturated rings. The molecule has 1 amide bonds. The van der Waals surface area contributed by atoms with Gasteiger partial charge in [0.15, 0.2) is 0 Å². The molecule has 112 valence electrons. The monoisotopic (exact) mass is 278 g/mol. The number of nitrogens with one attached hydrogen (secondary N) is 2. The zero-order valence-corrected chi connectivity index (χ0v) is 13.0. The molecule has 1 rings (SSSR count). The minimum atomic E-state index is 0.0260. The van der Waals surface area contributed by atoms with Crippen molar-refractivity contribution in [3.05, 3.63) is 29.8 Å². The first-order valence-electron chi connectivity index (χ1n) is 7.14. The Labute approximate surface area is 121 Å². The minimum Gasteiger partial charge on any atom is -0.493 e. The van der Waals surface area contributed by atoms with Crippen molar-refractivity contribution in [2.24, 2.45) is 0 Å². The molecular weight excluding hydrogens is 252 g/mol. The fourth-order valence-electron chi connectivity index (χ4n) is 1.66. The quantitative estimate of drug-likeness (QED) is 0.805. The molecule has 0 saturated carbocycles. The van der Waals surface area contributed by atoms with Gasteiger partial charge in [0.2, 0.25) is 5.91 Å². The van der Waals surface area contributed by atoms with E-state index in [1.807, 2.05) is 25.1 Å². The third kappa shape index (κ3) is 7.14. The third-order valence-corrected chi connectivity index (χ3v) is 2.69. The Hall–Kier alpha value is -1.55. The van der Waals surface area contributed by atoms with Crippen LogP contribution in [-0.4, -0.2) is 24.6 Å². The van der Waals surface area contributed by atoms with Crippen LogP contribution in [0.25, 0.3) is 0 Å². The maximum absolute atomic E-state index is 11.3. The van der Waals surface area contributed by atoms with E-state index in [2.05, 4.69) is 37.5 Å². The molecule has 0 saturated heterocycles. The lowest BCUT2D eigenvalue weighted by Gasteiger charge is -2.20. The van der Waals surface area contributed by atoms with Crippen LogP contribution in [0.4, 0.5) is 0 Å². The van der Waals surface area contributed by atoms with Crippen molar-refractivity contribution in [3.8, 4) is 5.75 Å². The Balaban J connectivity index is 2.41. The van der Waals surface area contributed by atoms with Gasteiger partial charge in [-0.05, 0) is 45.4 Å². The largest absolute Gasteiger partial charge is 0.493 e. The van der Waals surface area contributed by atoms with E-state index in [4.69, 9.17) is 4.74 Å². The SMILES string of the molecule is CCNC(=O)CCOc1cccc(CNC(C)(C)C)c1. The normalized spacial score (nSPS) is 11.2. The van der Waals surface area contributed by atoms with E-state index < -0.39 is 0 Å². The van der Waals surface area contributed by atoms with Crippen LogP contribution in [0.5, 0.6) is 5.75 Å². The predicted octanol–water partition coefficient (Wildman–Crippen LogP) is 2.48. The van der Waals surface area contributed by atoms with E-state index >= 15 is 0 Å². The van der Waals surface area contributed by atoms with Gasteiger partial charge in [0.1, 0.15) is 5.75 Å². The highest BCUT2D eigenvalue weighted by atomic mass is 16.5. The summed E-state index contributed by atoms with van der Waals surface area (Å²) in [6.45, 7) is 10.2. The molecule has 4 heteroatoms. The summed E-state index contributed by atoms with van der Waals surface area (Å²) in [5, 5.41) is 6.19. The smallest absolute Gasteiger partial charge is 0.223 e. The molecule has 0 aliphatic carbocycles. The van der Waals surface area contributed by atoms with Crippen LogP contribution in [0.15, 0.2) is 24.3 Å². The number of ether oxygens (including phenoxy) is 1. The van der Waals surface area contributed by atoms with Crippen LogP contribution in [0.2, 0.25) is 0 Å². The van der Waals surface area contributed by atoms with Crippen molar-refractivity contribution < 1.29 is 9.53 Å². The first-order chi connectivity index (χ1) is 9.40. The number of amides is 1. The Kier molecular flexibility index (Phi) is 6.52. The van der Waals surface area contributed by atoms with E-state index in [9.17, 15) is 4.79 Å². The second-order valence-electron chi connectivity index (χ2n) is 5.80. The molecular formula is C16H26N2O2. The molecule has 0 bridgehead atoms. The molecule has 20 heavy (non-hydrogen) atoms. The van der Waals surface area contributed by atoms with Gasteiger partial charge in [-0.25, -0.2) is 0 Å². The maximum atomic E-state index is 11.3. The standard InChI is InChI=1S/C16H26N2O2/c1-5-17-15(19)9-10-20-14-8-6-7-13(11-14)12-18-16(2,3)4/h6-8,11,18H,5,9-10,12H2,1-4H3,(H,17,19). The molecule has 0 unspecified atom stereocenters. The fourth-order valence-corrected chi connectivity index (χ4v) is 1.66. The first kappa shape index (κ1) is 16.5. The van der Waals surface area contributed by atoms with Gasteiger partial charge in [-0.2, -0.15) is 0 Å². The van der Waals surface area contributed by atoms with Crippen molar-refractivity contribution >= 4 is 5.91 Å². The van der Waals surface area contributed by atoms with Crippen LogP contribution in [0, 0.1) is 0 Å². The van der Waals surface area contributed by atoms with Crippen molar-refractivity contribution in [1.29, 1.82) is 0 Å². The van der Waals surface area contributed by atoms with E-state index in [0.29, 0.717) is 19.6 Å². The van der Waals surface area contributed by atoms with Gasteiger partial charge in [0.05, 0.1) is 13.0 Å². The summed E-state index contributed by atoms with van der Waals surface area (Å²) in [7, 11) is 0. The van der Waals surface area contributed by atoms with E-state index in [1.165, 1.54) is 5.56 Å². The molecule has 0 aliphatic heterocycles. The number of carbonyl (C=O) groups excluding carboxylic acids is 1. The molecule has 1 aromatic carbocycles. The van der Waals surface area contributed by atoms with Crippen LogP contribution >= 0.6 is 0 Å². The summed E-state index contributed by atoms with van der Waals surface area (Å²) in [6.07, 6.45) is 0.387. The van der Waals surface area contributed by atoms with E-state index in [-0.39, 0.29) is 11.4 Å². The molecule has 0 aromatic heterocycles. The summed E-state index contributed by atoms with van der Waals surface area (Å²) >= 11 is 0. The molecule has 0 spiro atoms. The number of hydrogen-bond donors (Lipinski definition) is 2. The summed E-state index contributed by atoms with van der Waals surface area (Å²) in [5.74, 6) is 0.834. The topological polar surface area (TPSA) is 50.4 Å². The second-order valence-corrected chi connectivity index (χ2v) is 5.80. The molecule has 4 nitrogen and oxygen atoms in total. The average Bonchev–Trinajstić information content (AvgIpc) is 2.36. The second kappa shape index (κ2) is 7.90. The van der Waals surface area contributed by atoms with Crippen molar-refractivity contribution in [1.82, 2.24) is 10.6 Å². The fraction of sp³-hybridized carbons (Fsp3) is 0.562. The Morgan fingerprint density at radius 3 is 2.70 bits per heavy atom. The highest BCUT2D eigenvalue weighted by Crippen LogP contribution is 2.14. The number of benzene rings is 1. The first-order valence-corrected chi connectivity index (χ1v) is 7.14. The van der Waals surface area contributed by atoms with Crippen molar-refractivity contribution in [2.75, 3.05) is 13.2 Å². The summed E-state index contributed by atoms with van der Waals surface area (Å²) in [6, 6.07) is 7.96. The van der Waals surface area contributed by atoms with Gasteiger partial charge >= 0.3 is 0 Å². The Morgan fingerprint density at radius 1 is 1.30 bits per heavy atom. The van der Waals surface area contributed by atoms with Crippen LogP contribution in [0.1, 0.15) is 39.7 Å². The van der Waals surface area contributed by atoms with Gasteiger partial charge in [-0.1, -0.05) is 12.1 Å². The summed E-state index contributed by atoms with van der Waals surface area (Å²) < 4.78 is 5.61. The van der Waals surface area contributed by atoms with E-state index in [1.54, 1.807) is 0 Å². The van der Waals surface area contributed by atoms with E-state index in [0.717, 1.165) is 12.3 Å². The van der Waals surface area contributed by atoms with Gasteiger partial charge in [0.25, 0.3) is 0 Å².